The fourth-order valence-electron chi connectivity index (χ4n) is 3.22. The van der Waals surface area contributed by atoms with Crippen LogP contribution in [0.5, 0.6) is 0 Å². The lowest BCUT2D eigenvalue weighted by molar-refractivity contribution is 0.360. The third-order valence-electron chi connectivity index (χ3n) is 4.71. The summed E-state index contributed by atoms with van der Waals surface area (Å²) >= 11 is 0. The van der Waals surface area contributed by atoms with Crippen molar-refractivity contribution in [2.75, 3.05) is 0 Å². The van der Waals surface area contributed by atoms with Crippen LogP contribution in [-0.4, -0.2) is 0 Å². The van der Waals surface area contributed by atoms with Gasteiger partial charge in [0.2, 0.25) is 0 Å². The summed E-state index contributed by atoms with van der Waals surface area (Å²) < 4.78 is 5.44. The molecule has 0 saturated heterocycles. The van der Waals surface area contributed by atoms with Gasteiger partial charge in [0.1, 0.15) is 5.76 Å². The fourth-order valence-corrected chi connectivity index (χ4v) is 3.22. The molecule has 2 rings (SSSR count). The highest BCUT2D eigenvalue weighted by atomic mass is 16.3. The second-order valence-electron chi connectivity index (χ2n) is 6.95. The highest BCUT2D eigenvalue weighted by Crippen LogP contribution is 2.42. The molecule has 0 atom stereocenters. The third kappa shape index (κ3) is 4.00. The van der Waals surface area contributed by atoms with Crippen molar-refractivity contribution < 1.29 is 4.42 Å². The maximum Gasteiger partial charge on any atom is 0.129 e. The molecule has 0 fully saturated rings. The molecular weight excluding hydrogens is 256 g/mol. The molecule has 1 nitrogen and oxygen atoms in total. The van der Waals surface area contributed by atoms with Crippen molar-refractivity contribution in [1.29, 1.82) is 0 Å². The van der Waals surface area contributed by atoms with Crippen LogP contribution >= 0.6 is 0 Å². The van der Waals surface area contributed by atoms with Gasteiger partial charge in [0.15, 0.2) is 0 Å². The van der Waals surface area contributed by atoms with Gasteiger partial charge in [0, 0.05) is 0 Å². The van der Waals surface area contributed by atoms with Gasteiger partial charge in [-0.2, -0.15) is 0 Å². The first-order valence-electron chi connectivity index (χ1n) is 7.98. The molecule has 0 bridgehead atoms. The molecule has 1 aliphatic carbocycles. The van der Waals surface area contributed by atoms with E-state index in [4.69, 9.17) is 4.42 Å². The molecule has 0 saturated carbocycles. The predicted octanol–water partition coefficient (Wildman–Crippen LogP) is 6.46. The average molecular weight is 284 g/mol. The maximum atomic E-state index is 5.44. The molecule has 0 spiro atoms. The Morgan fingerprint density at radius 3 is 2.71 bits per heavy atom. The van der Waals surface area contributed by atoms with Crippen LogP contribution in [0.15, 0.2) is 45.6 Å². The highest BCUT2D eigenvalue weighted by Gasteiger charge is 2.27. The topological polar surface area (TPSA) is 13.1 Å². The Hall–Kier alpha value is -1.50. The zero-order valence-corrected chi connectivity index (χ0v) is 14.1. The minimum absolute atomic E-state index is 0.362. The van der Waals surface area contributed by atoms with Crippen molar-refractivity contribution in [3.8, 4) is 0 Å². The van der Waals surface area contributed by atoms with Crippen molar-refractivity contribution >= 4 is 6.08 Å². The number of hydrogen-bond donors (Lipinski definition) is 0. The van der Waals surface area contributed by atoms with Crippen molar-refractivity contribution in [2.24, 2.45) is 5.41 Å². The van der Waals surface area contributed by atoms with E-state index in [-0.39, 0.29) is 0 Å². The summed E-state index contributed by atoms with van der Waals surface area (Å²) in [5, 5.41) is 0. The highest BCUT2D eigenvalue weighted by molar-refractivity contribution is 5.50. The maximum absolute atomic E-state index is 5.44. The molecule has 0 radical (unpaired) electrons. The van der Waals surface area contributed by atoms with E-state index in [0.717, 1.165) is 12.2 Å². The normalized spacial score (nSPS) is 19.6. The Balaban J connectivity index is 2.07. The summed E-state index contributed by atoms with van der Waals surface area (Å²) in [7, 11) is 0. The van der Waals surface area contributed by atoms with Crippen molar-refractivity contribution in [2.45, 2.75) is 60.3 Å². The number of rotatable bonds is 4. The molecule has 0 amide bonds. The Morgan fingerprint density at radius 1 is 1.33 bits per heavy atom. The first-order chi connectivity index (χ1) is 9.90. The van der Waals surface area contributed by atoms with Gasteiger partial charge in [-0.25, -0.2) is 0 Å². The van der Waals surface area contributed by atoms with Crippen LogP contribution in [0.25, 0.3) is 6.08 Å². The Bertz CT molecular complexity index is 579. The van der Waals surface area contributed by atoms with Gasteiger partial charge in [-0.05, 0) is 69.6 Å². The summed E-state index contributed by atoms with van der Waals surface area (Å²) in [5.74, 6) is 0.955. The molecule has 1 aliphatic rings. The molecular formula is C20H28O. The summed E-state index contributed by atoms with van der Waals surface area (Å²) in [6.07, 6.45) is 13.3. The lowest BCUT2D eigenvalue weighted by Gasteiger charge is -2.34. The molecule has 0 N–H and O–H groups in total. The summed E-state index contributed by atoms with van der Waals surface area (Å²) in [6, 6.07) is 2.00. The zero-order valence-electron chi connectivity index (χ0n) is 14.1. The van der Waals surface area contributed by atoms with Crippen molar-refractivity contribution in [3.63, 3.8) is 0 Å². The second-order valence-corrected chi connectivity index (χ2v) is 6.95. The van der Waals surface area contributed by atoms with Crippen LogP contribution in [0.2, 0.25) is 0 Å². The van der Waals surface area contributed by atoms with Gasteiger partial charge in [-0.1, -0.05) is 42.7 Å². The monoisotopic (exact) mass is 284 g/mol. The van der Waals surface area contributed by atoms with Crippen LogP contribution < -0.4 is 0 Å². The molecule has 1 aromatic rings. The Kier molecular flexibility index (Phi) is 4.92. The van der Waals surface area contributed by atoms with Gasteiger partial charge in [0.05, 0.1) is 6.26 Å². The van der Waals surface area contributed by atoms with E-state index in [0.29, 0.717) is 5.41 Å². The fraction of sp³-hybridized carbons (Fsp3) is 0.500. The number of furan rings is 1. The van der Waals surface area contributed by atoms with Crippen molar-refractivity contribution in [1.82, 2.24) is 0 Å². The Morgan fingerprint density at radius 2 is 2.10 bits per heavy atom. The predicted molar refractivity (Wildman–Crippen MR) is 91.2 cm³/mol. The zero-order chi connectivity index (χ0) is 15.5. The first-order valence-corrected chi connectivity index (χ1v) is 7.98. The minimum atomic E-state index is 0.362. The van der Waals surface area contributed by atoms with E-state index in [1.165, 1.54) is 30.4 Å². The van der Waals surface area contributed by atoms with E-state index in [1.54, 1.807) is 17.4 Å². The number of aryl methyl sites for hydroxylation is 1. The van der Waals surface area contributed by atoms with E-state index in [1.807, 2.05) is 6.07 Å². The average Bonchev–Trinajstić information content (AvgIpc) is 2.80. The summed E-state index contributed by atoms with van der Waals surface area (Å²) in [4.78, 5) is 0. The minimum Gasteiger partial charge on any atom is -0.465 e. The molecule has 1 heteroatoms. The number of allylic oxidation sites excluding steroid dienone is 5. The largest absolute Gasteiger partial charge is 0.465 e. The molecule has 1 heterocycles. The van der Waals surface area contributed by atoms with Crippen LogP contribution in [0.4, 0.5) is 0 Å². The lowest BCUT2D eigenvalue weighted by Crippen LogP contribution is -2.20. The van der Waals surface area contributed by atoms with Crippen LogP contribution in [0, 0.1) is 12.3 Å². The van der Waals surface area contributed by atoms with E-state index < -0.39 is 0 Å². The van der Waals surface area contributed by atoms with E-state index in [9.17, 15) is 0 Å². The molecule has 0 aliphatic heterocycles. The van der Waals surface area contributed by atoms with Gasteiger partial charge < -0.3 is 4.42 Å². The third-order valence-corrected chi connectivity index (χ3v) is 4.71. The second kappa shape index (κ2) is 6.51. The van der Waals surface area contributed by atoms with E-state index in [2.05, 4.69) is 52.8 Å². The van der Waals surface area contributed by atoms with Crippen LogP contribution in [0.1, 0.15) is 64.7 Å². The molecule has 0 unspecified atom stereocenters. The van der Waals surface area contributed by atoms with Gasteiger partial charge in [-0.15, -0.1) is 0 Å². The molecule has 21 heavy (non-hydrogen) atoms. The Labute approximate surface area is 129 Å². The quantitative estimate of drug-likeness (QED) is 0.456. The summed E-state index contributed by atoms with van der Waals surface area (Å²) in [5.41, 5.74) is 6.08. The summed E-state index contributed by atoms with van der Waals surface area (Å²) in [6.45, 7) is 11.3. The van der Waals surface area contributed by atoms with Gasteiger partial charge >= 0.3 is 0 Å². The van der Waals surface area contributed by atoms with E-state index >= 15 is 0 Å². The molecule has 1 aromatic heterocycles. The van der Waals surface area contributed by atoms with Crippen LogP contribution in [0.3, 0.4) is 0 Å². The van der Waals surface area contributed by atoms with Gasteiger partial charge in [-0.3, -0.25) is 0 Å². The first kappa shape index (κ1) is 15.9. The lowest BCUT2D eigenvalue weighted by atomic mass is 9.71. The molecule has 0 aromatic carbocycles. The molecule has 114 valence electrons. The SMILES string of the molecule is CC1=C(C/C=C(C)/C=C/c2occc2C)C(C)(C)CCC1. The van der Waals surface area contributed by atoms with Crippen LogP contribution in [-0.2, 0) is 0 Å². The number of hydrogen-bond acceptors (Lipinski definition) is 1. The van der Waals surface area contributed by atoms with Crippen molar-refractivity contribution in [3.05, 3.63) is 52.5 Å². The van der Waals surface area contributed by atoms with Gasteiger partial charge in [0.25, 0.3) is 0 Å². The standard InChI is InChI=1S/C20H28O/c1-15(9-11-19-17(3)12-14-21-19)8-10-18-16(2)7-6-13-20(18,4)5/h8-9,11-12,14H,6-7,10,13H2,1-5H3/b11-9+,15-8+. The smallest absolute Gasteiger partial charge is 0.129 e.